The second-order valence-electron chi connectivity index (χ2n) is 2.87. The minimum absolute atomic E-state index is 0.393. The van der Waals surface area contributed by atoms with Crippen molar-refractivity contribution in [3.8, 4) is 0 Å². The van der Waals surface area contributed by atoms with Crippen LogP contribution in [0.3, 0.4) is 0 Å². The van der Waals surface area contributed by atoms with E-state index in [2.05, 4.69) is 4.98 Å². The Balaban J connectivity index is 2.85. The summed E-state index contributed by atoms with van der Waals surface area (Å²) in [6.07, 6.45) is 1.56. The predicted molar refractivity (Wildman–Crippen MR) is 66.4 cm³/mol. The Kier molecular flexibility index (Phi) is 2.89. The van der Waals surface area contributed by atoms with Crippen molar-refractivity contribution in [3.05, 3.63) is 16.1 Å². The zero-order chi connectivity index (χ0) is 11.2. The first-order chi connectivity index (χ1) is 7.00. The van der Waals surface area contributed by atoms with Crippen molar-refractivity contribution < 1.29 is 4.21 Å². The van der Waals surface area contributed by atoms with Gasteiger partial charge >= 0.3 is 0 Å². The number of hydrogen-bond acceptors (Lipinski definition) is 4. The van der Waals surface area contributed by atoms with Crippen LogP contribution in [0.4, 0.5) is 5.69 Å². The molecule has 0 amide bonds. The smallest absolute Gasteiger partial charge is 0.181 e. The summed E-state index contributed by atoms with van der Waals surface area (Å²) in [5, 5.41) is 0.821. The highest BCUT2D eigenvalue weighted by Crippen LogP contribution is 2.38. The van der Waals surface area contributed by atoms with Gasteiger partial charge in [-0.05, 0) is 6.07 Å². The van der Waals surface area contributed by atoms with Gasteiger partial charge in [-0.1, -0.05) is 23.2 Å². The summed E-state index contributed by atoms with van der Waals surface area (Å²) in [6, 6.07) is 1.54. The van der Waals surface area contributed by atoms with Crippen molar-refractivity contribution in [2.45, 2.75) is 4.34 Å². The van der Waals surface area contributed by atoms with Crippen LogP contribution in [0, 0.1) is 0 Å². The average Bonchev–Trinajstić information content (AvgIpc) is 2.59. The van der Waals surface area contributed by atoms with Crippen molar-refractivity contribution in [2.75, 3.05) is 12.0 Å². The Labute approximate surface area is 103 Å². The molecule has 0 aliphatic heterocycles. The molecule has 0 aliphatic rings. The number of aromatic nitrogens is 1. The number of fused-ring (bicyclic) bond motifs is 1. The van der Waals surface area contributed by atoms with Gasteiger partial charge in [0.2, 0.25) is 0 Å². The first kappa shape index (κ1) is 11.1. The standard InChI is InChI=1S/C8H6Cl2N2OS2/c1-15(13)8-12-6-4(10)2-3(9)5(11)7(6)14-8/h2H,11H2,1H3. The number of benzene rings is 1. The molecule has 0 saturated carbocycles. The molecule has 2 rings (SSSR count). The zero-order valence-corrected chi connectivity index (χ0v) is 10.7. The number of hydrogen-bond donors (Lipinski definition) is 1. The molecule has 1 heterocycles. The van der Waals surface area contributed by atoms with Crippen LogP contribution in [0.5, 0.6) is 0 Å². The lowest BCUT2D eigenvalue weighted by Gasteiger charge is -1.99. The first-order valence-electron chi connectivity index (χ1n) is 3.88. The third kappa shape index (κ3) is 1.85. The molecule has 1 aromatic heterocycles. The van der Waals surface area contributed by atoms with Gasteiger partial charge in [-0.15, -0.1) is 11.3 Å². The third-order valence-electron chi connectivity index (χ3n) is 1.84. The van der Waals surface area contributed by atoms with Gasteiger partial charge in [-0.25, -0.2) is 4.98 Å². The van der Waals surface area contributed by atoms with Crippen molar-refractivity contribution >= 4 is 61.2 Å². The van der Waals surface area contributed by atoms with Gasteiger partial charge in [-0.2, -0.15) is 0 Å². The highest BCUT2D eigenvalue weighted by atomic mass is 35.5. The predicted octanol–water partition coefficient (Wildman–Crippen LogP) is 2.92. The molecule has 2 N–H and O–H groups in total. The highest BCUT2D eigenvalue weighted by Gasteiger charge is 2.14. The van der Waals surface area contributed by atoms with Gasteiger partial charge in [0.15, 0.2) is 4.34 Å². The topological polar surface area (TPSA) is 56.0 Å². The molecular weight excluding hydrogens is 275 g/mol. The molecule has 0 saturated heterocycles. The van der Waals surface area contributed by atoms with E-state index in [1.165, 1.54) is 11.3 Å². The molecule has 0 bridgehead atoms. The lowest BCUT2D eigenvalue weighted by molar-refractivity contribution is 0.686. The minimum atomic E-state index is -1.13. The van der Waals surface area contributed by atoms with Crippen LogP contribution in [0.1, 0.15) is 0 Å². The van der Waals surface area contributed by atoms with Crippen LogP contribution < -0.4 is 5.73 Å². The fourth-order valence-electron chi connectivity index (χ4n) is 1.13. The summed E-state index contributed by atoms with van der Waals surface area (Å²) in [6.45, 7) is 0. The van der Waals surface area contributed by atoms with Gasteiger partial charge in [0.05, 0.1) is 31.2 Å². The zero-order valence-electron chi connectivity index (χ0n) is 7.58. The van der Waals surface area contributed by atoms with E-state index in [1.54, 1.807) is 12.3 Å². The molecule has 3 nitrogen and oxygen atoms in total. The van der Waals surface area contributed by atoms with E-state index in [0.717, 1.165) is 0 Å². The summed E-state index contributed by atoms with van der Waals surface area (Å²) in [5.74, 6) is 0. The fourth-order valence-corrected chi connectivity index (χ4v) is 3.47. The van der Waals surface area contributed by atoms with Gasteiger partial charge in [0.25, 0.3) is 0 Å². The molecule has 15 heavy (non-hydrogen) atoms. The number of nitrogens with two attached hydrogens (primary N) is 1. The van der Waals surface area contributed by atoms with Crippen LogP contribution in [0.15, 0.2) is 10.4 Å². The molecule has 80 valence electrons. The van der Waals surface area contributed by atoms with E-state index in [9.17, 15) is 4.21 Å². The van der Waals surface area contributed by atoms with Gasteiger partial charge < -0.3 is 5.73 Å². The SMILES string of the molecule is CS(=O)c1nc2c(Cl)cc(Cl)c(N)c2s1. The average molecular weight is 281 g/mol. The maximum Gasteiger partial charge on any atom is 0.181 e. The summed E-state index contributed by atoms with van der Waals surface area (Å²) in [5.41, 5.74) is 6.78. The molecule has 0 aliphatic carbocycles. The van der Waals surface area contributed by atoms with E-state index < -0.39 is 10.8 Å². The molecule has 1 unspecified atom stereocenters. The molecule has 0 radical (unpaired) electrons. The number of rotatable bonds is 1. The molecule has 0 spiro atoms. The lowest BCUT2D eigenvalue weighted by atomic mass is 10.3. The number of thiazole rings is 1. The number of anilines is 1. The summed E-state index contributed by atoms with van der Waals surface area (Å²) >= 11 is 13.1. The Morgan fingerprint density at radius 1 is 1.47 bits per heavy atom. The van der Waals surface area contributed by atoms with Crippen molar-refractivity contribution in [1.29, 1.82) is 0 Å². The monoisotopic (exact) mass is 280 g/mol. The first-order valence-corrected chi connectivity index (χ1v) is 7.01. The quantitative estimate of drug-likeness (QED) is 0.818. The van der Waals surface area contributed by atoms with Crippen LogP contribution in [0.2, 0.25) is 10.0 Å². The van der Waals surface area contributed by atoms with E-state index in [0.29, 0.717) is 30.3 Å². The Morgan fingerprint density at radius 3 is 2.73 bits per heavy atom. The summed E-state index contributed by atoms with van der Waals surface area (Å²) in [4.78, 5) is 4.16. The van der Waals surface area contributed by atoms with E-state index in [1.807, 2.05) is 0 Å². The second kappa shape index (κ2) is 3.90. The Morgan fingerprint density at radius 2 is 2.13 bits per heavy atom. The maximum absolute atomic E-state index is 11.3. The highest BCUT2D eigenvalue weighted by molar-refractivity contribution is 7.86. The maximum atomic E-state index is 11.3. The van der Waals surface area contributed by atoms with Crippen LogP contribution in [-0.2, 0) is 10.8 Å². The second-order valence-corrected chi connectivity index (χ2v) is 6.23. The number of nitrogens with zero attached hydrogens (tertiary/aromatic N) is 1. The molecule has 7 heteroatoms. The number of nitrogen functional groups attached to an aromatic ring is 1. The van der Waals surface area contributed by atoms with Crippen molar-refractivity contribution in [3.63, 3.8) is 0 Å². The molecular formula is C8H6Cl2N2OS2. The van der Waals surface area contributed by atoms with Crippen LogP contribution >= 0.6 is 34.5 Å². The van der Waals surface area contributed by atoms with Gasteiger partial charge in [-0.3, -0.25) is 4.21 Å². The molecule has 1 atom stereocenters. The fraction of sp³-hybridized carbons (Fsp3) is 0.125. The summed E-state index contributed by atoms with van der Waals surface area (Å²) < 4.78 is 12.5. The Hall–Kier alpha value is -0.360. The Bertz CT molecular complexity index is 567. The van der Waals surface area contributed by atoms with Crippen LogP contribution in [0.25, 0.3) is 10.2 Å². The van der Waals surface area contributed by atoms with Crippen molar-refractivity contribution in [1.82, 2.24) is 4.98 Å². The normalized spacial score (nSPS) is 13.3. The molecule has 0 fully saturated rings. The third-order valence-corrected chi connectivity index (χ3v) is 4.86. The largest absolute Gasteiger partial charge is 0.396 e. The van der Waals surface area contributed by atoms with E-state index in [4.69, 9.17) is 28.9 Å². The van der Waals surface area contributed by atoms with Crippen LogP contribution in [-0.4, -0.2) is 15.4 Å². The lowest BCUT2D eigenvalue weighted by Crippen LogP contribution is -1.87. The molecule has 2 aromatic rings. The van der Waals surface area contributed by atoms with E-state index >= 15 is 0 Å². The minimum Gasteiger partial charge on any atom is -0.396 e. The van der Waals surface area contributed by atoms with Gasteiger partial charge in [0, 0.05) is 6.26 Å². The van der Waals surface area contributed by atoms with Gasteiger partial charge in [0.1, 0.15) is 5.52 Å². The van der Waals surface area contributed by atoms with Crippen molar-refractivity contribution in [2.24, 2.45) is 0 Å². The summed E-state index contributed by atoms with van der Waals surface area (Å²) in [7, 11) is -1.13. The number of halogens is 2. The van der Waals surface area contributed by atoms with E-state index in [-0.39, 0.29) is 0 Å². The molecule has 1 aromatic carbocycles.